The fourth-order valence-electron chi connectivity index (χ4n) is 2.93. The first-order chi connectivity index (χ1) is 15.7. The number of thioether (sulfide) groups is 1. The van der Waals surface area contributed by atoms with Gasteiger partial charge in [0.25, 0.3) is 0 Å². The minimum Gasteiger partial charge on any atom is -0.492 e. The van der Waals surface area contributed by atoms with Crippen molar-refractivity contribution < 1.29 is 9.53 Å². The summed E-state index contributed by atoms with van der Waals surface area (Å²) in [7, 11) is 0. The Morgan fingerprint density at radius 1 is 1.12 bits per heavy atom. The van der Waals surface area contributed by atoms with Crippen LogP contribution in [0.5, 0.6) is 5.75 Å². The lowest BCUT2D eigenvalue weighted by molar-refractivity contribution is -0.113. The van der Waals surface area contributed by atoms with Gasteiger partial charge in [-0.1, -0.05) is 35.5 Å². The maximum Gasteiger partial charge on any atom is 0.234 e. The highest BCUT2D eigenvalue weighted by atomic mass is 35.5. The fraction of sp³-hybridized carbons (Fsp3) is 0.136. The van der Waals surface area contributed by atoms with Gasteiger partial charge in [-0.05, 0) is 43.3 Å². The van der Waals surface area contributed by atoms with E-state index in [2.05, 4.69) is 25.5 Å². The van der Waals surface area contributed by atoms with Gasteiger partial charge >= 0.3 is 0 Å². The number of para-hydroxylation sites is 2. The van der Waals surface area contributed by atoms with Crippen molar-refractivity contribution in [1.29, 1.82) is 0 Å². The van der Waals surface area contributed by atoms with Crippen LogP contribution in [0.1, 0.15) is 6.92 Å². The molecular formula is C22H19ClN6O2S. The van der Waals surface area contributed by atoms with Crippen molar-refractivity contribution in [2.24, 2.45) is 0 Å². The summed E-state index contributed by atoms with van der Waals surface area (Å²) in [6, 6.07) is 14.6. The number of benzene rings is 2. The second kappa shape index (κ2) is 10.3. The summed E-state index contributed by atoms with van der Waals surface area (Å²) in [6.45, 7) is 2.41. The summed E-state index contributed by atoms with van der Waals surface area (Å²) in [5.74, 6) is 1.09. The first-order valence-corrected chi connectivity index (χ1v) is 11.1. The zero-order valence-electron chi connectivity index (χ0n) is 17.1. The van der Waals surface area contributed by atoms with E-state index in [0.717, 1.165) is 5.69 Å². The normalized spacial score (nSPS) is 10.7. The summed E-state index contributed by atoms with van der Waals surface area (Å²) in [5.41, 5.74) is 1.99. The van der Waals surface area contributed by atoms with Crippen LogP contribution in [0.3, 0.4) is 0 Å². The number of carbonyl (C=O) groups excluding carboxylic acids is 1. The number of nitrogens with one attached hydrogen (secondary N) is 1. The number of ether oxygens (including phenoxy) is 1. The Labute approximate surface area is 194 Å². The molecule has 2 aromatic carbocycles. The number of carbonyl (C=O) groups is 1. The van der Waals surface area contributed by atoms with Gasteiger partial charge in [-0.25, -0.2) is 4.98 Å². The lowest BCUT2D eigenvalue weighted by Crippen LogP contribution is -2.15. The lowest BCUT2D eigenvalue weighted by Gasteiger charge is -2.12. The first-order valence-electron chi connectivity index (χ1n) is 9.78. The van der Waals surface area contributed by atoms with Crippen molar-refractivity contribution in [1.82, 2.24) is 24.7 Å². The van der Waals surface area contributed by atoms with E-state index in [0.29, 0.717) is 39.7 Å². The topological polar surface area (TPSA) is 94.8 Å². The number of amides is 1. The summed E-state index contributed by atoms with van der Waals surface area (Å²) >= 11 is 7.32. The van der Waals surface area contributed by atoms with Crippen molar-refractivity contribution in [3.63, 3.8) is 0 Å². The predicted octanol–water partition coefficient (Wildman–Crippen LogP) is 4.51. The van der Waals surface area contributed by atoms with E-state index in [1.807, 2.05) is 41.8 Å². The molecule has 0 bridgehead atoms. The number of halogens is 1. The van der Waals surface area contributed by atoms with Crippen LogP contribution in [-0.2, 0) is 4.79 Å². The number of anilines is 1. The zero-order chi connectivity index (χ0) is 22.3. The van der Waals surface area contributed by atoms with E-state index < -0.39 is 0 Å². The number of aromatic nitrogens is 5. The number of hydrogen-bond donors (Lipinski definition) is 1. The molecule has 8 nitrogen and oxygen atoms in total. The first kappa shape index (κ1) is 21.8. The Kier molecular flexibility index (Phi) is 6.98. The average Bonchev–Trinajstić information content (AvgIpc) is 3.24. The van der Waals surface area contributed by atoms with Crippen LogP contribution in [0.25, 0.3) is 17.2 Å². The highest BCUT2D eigenvalue weighted by Gasteiger charge is 2.18. The van der Waals surface area contributed by atoms with Gasteiger partial charge in [0, 0.05) is 23.1 Å². The third kappa shape index (κ3) is 5.06. The molecule has 4 aromatic rings. The molecule has 32 heavy (non-hydrogen) atoms. The summed E-state index contributed by atoms with van der Waals surface area (Å²) in [4.78, 5) is 21.1. The van der Waals surface area contributed by atoms with Crippen LogP contribution in [0, 0.1) is 0 Å². The Morgan fingerprint density at radius 3 is 2.69 bits per heavy atom. The summed E-state index contributed by atoms with van der Waals surface area (Å²) < 4.78 is 7.39. The largest absolute Gasteiger partial charge is 0.492 e. The van der Waals surface area contributed by atoms with Gasteiger partial charge < -0.3 is 10.1 Å². The second-order valence-electron chi connectivity index (χ2n) is 6.47. The maximum atomic E-state index is 12.6. The molecule has 2 aromatic heterocycles. The lowest BCUT2D eigenvalue weighted by atomic mass is 10.3. The molecule has 0 aliphatic rings. The van der Waals surface area contributed by atoms with Crippen molar-refractivity contribution >= 4 is 35.0 Å². The highest BCUT2D eigenvalue weighted by molar-refractivity contribution is 7.99. The van der Waals surface area contributed by atoms with Crippen molar-refractivity contribution in [3.8, 4) is 23.0 Å². The van der Waals surface area contributed by atoms with Crippen LogP contribution in [-0.4, -0.2) is 43.0 Å². The second-order valence-corrected chi connectivity index (χ2v) is 7.85. The number of rotatable bonds is 8. The molecule has 4 rings (SSSR count). The molecule has 0 unspecified atom stereocenters. The molecule has 0 radical (unpaired) electrons. The predicted molar refractivity (Wildman–Crippen MR) is 124 cm³/mol. The van der Waals surface area contributed by atoms with Crippen LogP contribution >= 0.6 is 23.4 Å². The summed E-state index contributed by atoms with van der Waals surface area (Å²) in [6.07, 6.45) is 4.79. The van der Waals surface area contributed by atoms with Gasteiger partial charge in [0.2, 0.25) is 5.91 Å². The number of hydrogen-bond acceptors (Lipinski definition) is 7. The minimum absolute atomic E-state index is 0.132. The number of nitrogens with zero attached hydrogens (tertiary/aromatic N) is 5. The SMILES string of the molecule is CCOc1ccccc1NC(=O)CSc1nnc(-c2cnccn2)n1-c1ccc(Cl)cc1. The molecule has 0 saturated carbocycles. The van der Waals surface area contributed by atoms with E-state index >= 15 is 0 Å². The zero-order valence-corrected chi connectivity index (χ0v) is 18.7. The van der Waals surface area contributed by atoms with Gasteiger partial charge in [0.1, 0.15) is 11.4 Å². The molecule has 0 aliphatic heterocycles. The summed E-state index contributed by atoms with van der Waals surface area (Å²) in [5, 5.41) is 12.6. The van der Waals surface area contributed by atoms with Crippen LogP contribution in [0.15, 0.2) is 72.3 Å². The van der Waals surface area contributed by atoms with Gasteiger partial charge in [-0.3, -0.25) is 14.3 Å². The monoisotopic (exact) mass is 466 g/mol. The average molecular weight is 467 g/mol. The van der Waals surface area contributed by atoms with Crippen molar-refractivity contribution in [2.45, 2.75) is 12.1 Å². The van der Waals surface area contributed by atoms with E-state index in [4.69, 9.17) is 16.3 Å². The maximum absolute atomic E-state index is 12.6. The smallest absolute Gasteiger partial charge is 0.234 e. The Balaban J connectivity index is 1.57. The van der Waals surface area contributed by atoms with Crippen molar-refractivity contribution in [3.05, 3.63) is 72.1 Å². The molecular weight excluding hydrogens is 448 g/mol. The fourth-order valence-corrected chi connectivity index (χ4v) is 3.81. The highest BCUT2D eigenvalue weighted by Crippen LogP contribution is 2.28. The van der Waals surface area contributed by atoms with Gasteiger partial charge in [0.05, 0.1) is 24.2 Å². The van der Waals surface area contributed by atoms with E-state index in [9.17, 15) is 4.79 Å². The van der Waals surface area contributed by atoms with E-state index in [-0.39, 0.29) is 11.7 Å². The quantitative estimate of drug-likeness (QED) is 0.382. The van der Waals surface area contributed by atoms with Gasteiger partial charge in [0.15, 0.2) is 11.0 Å². The van der Waals surface area contributed by atoms with Crippen LogP contribution in [0.2, 0.25) is 5.02 Å². The third-order valence-corrected chi connectivity index (χ3v) is 5.48. The molecule has 162 valence electrons. The van der Waals surface area contributed by atoms with Crippen LogP contribution in [0.4, 0.5) is 5.69 Å². The molecule has 2 heterocycles. The molecule has 0 atom stereocenters. The Morgan fingerprint density at radius 2 is 1.94 bits per heavy atom. The third-order valence-electron chi connectivity index (χ3n) is 4.30. The molecule has 0 spiro atoms. The Hall–Kier alpha value is -3.43. The Bertz CT molecular complexity index is 1200. The molecule has 0 saturated heterocycles. The molecule has 0 fully saturated rings. The van der Waals surface area contributed by atoms with Crippen LogP contribution < -0.4 is 10.1 Å². The van der Waals surface area contributed by atoms with Crippen molar-refractivity contribution in [2.75, 3.05) is 17.7 Å². The van der Waals surface area contributed by atoms with Gasteiger partial charge in [-0.2, -0.15) is 0 Å². The minimum atomic E-state index is -0.186. The standard InChI is InChI=1S/C22H19ClN6O2S/c1-2-31-19-6-4-3-5-17(19)26-20(30)14-32-22-28-27-21(18-13-24-11-12-25-18)29(22)16-9-7-15(23)8-10-16/h3-13H,2,14H2,1H3,(H,26,30). The van der Waals surface area contributed by atoms with E-state index in [1.165, 1.54) is 11.8 Å². The molecule has 1 N–H and O–H groups in total. The van der Waals surface area contributed by atoms with Gasteiger partial charge in [-0.15, -0.1) is 10.2 Å². The molecule has 10 heteroatoms. The molecule has 0 aliphatic carbocycles. The van der Waals surface area contributed by atoms with E-state index in [1.54, 1.807) is 36.8 Å². The molecule has 1 amide bonds.